The summed E-state index contributed by atoms with van der Waals surface area (Å²) in [6.45, 7) is -1.89. The van der Waals surface area contributed by atoms with E-state index < -0.39 is 6.55 Å². The van der Waals surface area contributed by atoms with Crippen LogP contribution in [0, 0.1) is 0 Å². The molecule has 7 heteroatoms. The molecule has 0 aliphatic carbocycles. The first kappa shape index (κ1) is 16.4. The minimum absolute atomic E-state index is 0.0459. The molecule has 0 saturated heterocycles. The van der Waals surface area contributed by atoms with Gasteiger partial charge in [-0.3, -0.25) is 9.36 Å². The van der Waals surface area contributed by atoms with E-state index in [1.807, 2.05) is 18.2 Å². The van der Waals surface area contributed by atoms with Crippen LogP contribution < -0.4 is 4.74 Å². The fraction of sp³-hybridized carbons (Fsp3) is 0.412. The van der Waals surface area contributed by atoms with E-state index in [2.05, 4.69) is 4.98 Å². The molecule has 1 amide bonds. The molecule has 2 heterocycles. The molecule has 0 unspecified atom stereocenters. The van der Waals surface area contributed by atoms with Crippen molar-refractivity contribution in [3.8, 4) is 5.75 Å². The molecule has 1 aromatic heterocycles. The number of fused-ring (bicyclic) bond motifs is 1. The van der Waals surface area contributed by atoms with Crippen molar-refractivity contribution in [3.05, 3.63) is 47.5 Å². The molecule has 0 radical (unpaired) electrons. The quantitative estimate of drug-likeness (QED) is 0.844. The number of hydrogen-bond acceptors (Lipinski definition) is 3. The van der Waals surface area contributed by atoms with Crippen LogP contribution in [0.5, 0.6) is 5.75 Å². The van der Waals surface area contributed by atoms with Crippen molar-refractivity contribution in [2.24, 2.45) is 0 Å². The van der Waals surface area contributed by atoms with Crippen LogP contribution in [0.2, 0.25) is 0 Å². The van der Waals surface area contributed by atoms with Crippen LogP contribution in [0.15, 0.2) is 30.6 Å². The number of aryl methyl sites for hydroxylation is 1. The summed E-state index contributed by atoms with van der Waals surface area (Å²) < 4.78 is 32.0. The second-order valence-corrected chi connectivity index (χ2v) is 5.85. The van der Waals surface area contributed by atoms with Crippen LogP contribution >= 0.6 is 0 Å². The maximum Gasteiger partial charge on any atom is 0.319 e. The summed E-state index contributed by atoms with van der Waals surface area (Å²) in [5.41, 5.74) is 2.01. The van der Waals surface area contributed by atoms with Gasteiger partial charge in [-0.1, -0.05) is 12.1 Å². The molecule has 0 fully saturated rings. The molecular formula is C17H19F2N3O2. The first-order valence-electron chi connectivity index (χ1n) is 7.83. The normalized spacial score (nSPS) is 13.5. The van der Waals surface area contributed by atoms with Gasteiger partial charge in [-0.2, -0.15) is 8.78 Å². The lowest BCUT2D eigenvalue weighted by atomic mass is 10.0. The standard InChI is InChI=1S/C17H19F2N3O2/c1-21(11-15-20-6-7-22(15)17(18)19)16(23)10-12-4-5-14-13(9-12)3-2-8-24-14/h4-7,9,17H,2-3,8,10-11H2,1H3. The summed E-state index contributed by atoms with van der Waals surface area (Å²) in [7, 11) is 1.59. The first-order valence-corrected chi connectivity index (χ1v) is 7.83. The predicted molar refractivity (Wildman–Crippen MR) is 83.9 cm³/mol. The maximum atomic E-state index is 12.8. The maximum absolute atomic E-state index is 12.8. The Kier molecular flexibility index (Phi) is 4.78. The lowest BCUT2D eigenvalue weighted by molar-refractivity contribution is -0.129. The van der Waals surface area contributed by atoms with Crippen molar-refractivity contribution in [2.75, 3.05) is 13.7 Å². The average molecular weight is 335 g/mol. The van der Waals surface area contributed by atoms with Gasteiger partial charge in [0.2, 0.25) is 5.91 Å². The molecule has 0 saturated carbocycles. The number of halogens is 2. The van der Waals surface area contributed by atoms with Crippen LogP contribution in [-0.2, 0) is 24.2 Å². The van der Waals surface area contributed by atoms with E-state index in [-0.39, 0.29) is 24.7 Å². The third kappa shape index (κ3) is 3.55. The van der Waals surface area contributed by atoms with E-state index in [0.29, 0.717) is 0 Å². The third-order valence-electron chi connectivity index (χ3n) is 4.09. The Morgan fingerprint density at radius 3 is 3.08 bits per heavy atom. The Labute approximate surface area is 138 Å². The van der Waals surface area contributed by atoms with Crippen molar-refractivity contribution in [1.29, 1.82) is 0 Å². The summed E-state index contributed by atoms with van der Waals surface area (Å²) in [4.78, 5) is 17.7. The lowest BCUT2D eigenvalue weighted by Gasteiger charge is -2.20. The van der Waals surface area contributed by atoms with Gasteiger partial charge in [0.25, 0.3) is 0 Å². The Morgan fingerprint density at radius 2 is 2.29 bits per heavy atom. The highest BCUT2D eigenvalue weighted by Gasteiger charge is 2.17. The highest BCUT2D eigenvalue weighted by molar-refractivity contribution is 5.78. The Bertz CT molecular complexity index is 730. The number of nitrogens with zero attached hydrogens (tertiary/aromatic N) is 3. The molecule has 1 aromatic carbocycles. The number of aromatic nitrogens is 2. The van der Waals surface area contributed by atoms with Crippen LogP contribution in [-0.4, -0.2) is 34.0 Å². The van der Waals surface area contributed by atoms with Crippen LogP contribution in [0.1, 0.15) is 29.9 Å². The summed E-state index contributed by atoms with van der Waals surface area (Å²) >= 11 is 0. The summed E-state index contributed by atoms with van der Waals surface area (Å²) in [6.07, 6.45) is 4.66. The van der Waals surface area contributed by atoms with Gasteiger partial charge in [0.15, 0.2) is 0 Å². The summed E-state index contributed by atoms with van der Waals surface area (Å²) in [5, 5.41) is 0. The monoisotopic (exact) mass is 335 g/mol. The van der Waals surface area contributed by atoms with Gasteiger partial charge >= 0.3 is 6.55 Å². The molecule has 24 heavy (non-hydrogen) atoms. The molecule has 1 aliphatic heterocycles. The van der Waals surface area contributed by atoms with Crippen molar-refractivity contribution in [1.82, 2.24) is 14.5 Å². The van der Waals surface area contributed by atoms with E-state index in [9.17, 15) is 13.6 Å². The van der Waals surface area contributed by atoms with E-state index in [1.54, 1.807) is 7.05 Å². The smallest absolute Gasteiger partial charge is 0.319 e. The van der Waals surface area contributed by atoms with E-state index >= 15 is 0 Å². The molecule has 5 nitrogen and oxygen atoms in total. The highest BCUT2D eigenvalue weighted by atomic mass is 19.3. The fourth-order valence-corrected chi connectivity index (χ4v) is 2.78. The topological polar surface area (TPSA) is 47.4 Å². The van der Waals surface area contributed by atoms with Gasteiger partial charge in [-0.05, 0) is 30.0 Å². The van der Waals surface area contributed by atoms with Gasteiger partial charge < -0.3 is 9.64 Å². The molecule has 0 atom stereocenters. The highest BCUT2D eigenvalue weighted by Crippen LogP contribution is 2.26. The van der Waals surface area contributed by atoms with Crippen LogP contribution in [0.4, 0.5) is 8.78 Å². The van der Waals surface area contributed by atoms with Crippen molar-refractivity contribution in [3.63, 3.8) is 0 Å². The number of likely N-dealkylation sites (N-methyl/N-ethyl adjacent to an activating group) is 1. The Balaban J connectivity index is 1.65. The average Bonchev–Trinajstić information content (AvgIpc) is 3.03. The number of carbonyl (C=O) groups is 1. The Morgan fingerprint density at radius 1 is 1.46 bits per heavy atom. The van der Waals surface area contributed by atoms with Crippen molar-refractivity contribution >= 4 is 5.91 Å². The molecule has 0 N–H and O–H groups in total. The minimum atomic E-state index is -2.66. The van der Waals surface area contributed by atoms with E-state index in [1.165, 1.54) is 17.3 Å². The molecule has 0 spiro atoms. The van der Waals surface area contributed by atoms with Gasteiger partial charge in [0, 0.05) is 19.4 Å². The van der Waals surface area contributed by atoms with Gasteiger partial charge in [0.05, 0.1) is 19.6 Å². The molecular weight excluding hydrogens is 316 g/mol. The summed E-state index contributed by atoms with van der Waals surface area (Å²) in [5.74, 6) is 0.903. The largest absolute Gasteiger partial charge is 0.493 e. The number of amides is 1. The fourth-order valence-electron chi connectivity index (χ4n) is 2.78. The molecule has 3 rings (SSSR count). The second-order valence-electron chi connectivity index (χ2n) is 5.85. The molecule has 128 valence electrons. The molecule has 0 bridgehead atoms. The SMILES string of the molecule is CN(Cc1nccn1C(F)F)C(=O)Cc1ccc2c(c1)CCCO2. The molecule has 2 aromatic rings. The van der Waals surface area contributed by atoms with Gasteiger partial charge in [0.1, 0.15) is 11.6 Å². The molecule has 1 aliphatic rings. The van der Waals surface area contributed by atoms with Crippen LogP contribution in [0.3, 0.4) is 0 Å². The number of imidazole rings is 1. The number of ether oxygens (including phenoxy) is 1. The van der Waals surface area contributed by atoms with Crippen molar-refractivity contribution in [2.45, 2.75) is 32.4 Å². The van der Waals surface area contributed by atoms with Crippen LogP contribution in [0.25, 0.3) is 0 Å². The van der Waals surface area contributed by atoms with Crippen molar-refractivity contribution < 1.29 is 18.3 Å². The number of hydrogen-bond donors (Lipinski definition) is 0. The number of carbonyl (C=O) groups excluding carboxylic acids is 1. The summed E-state index contributed by atoms with van der Waals surface area (Å²) in [6, 6.07) is 5.75. The lowest BCUT2D eigenvalue weighted by Crippen LogP contribution is -2.29. The Hall–Kier alpha value is -2.44. The second kappa shape index (κ2) is 6.98. The number of rotatable bonds is 5. The van der Waals surface area contributed by atoms with Gasteiger partial charge in [-0.15, -0.1) is 0 Å². The predicted octanol–water partition coefficient (Wildman–Crippen LogP) is 2.80. The van der Waals surface area contributed by atoms with Gasteiger partial charge in [-0.25, -0.2) is 4.98 Å². The zero-order valence-corrected chi connectivity index (χ0v) is 13.4. The minimum Gasteiger partial charge on any atom is -0.493 e. The van der Waals surface area contributed by atoms with E-state index in [0.717, 1.165) is 40.9 Å². The van der Waals surface area contributed by atoms with E-state index in [4.69, 9.17) is 4.74 Å². The third-order valence-corrected chi connectivity index (χ3v) is 4.09. The number of benzene rings is 1. The number of alkyl halides is 2. The first-order chi connectivity index (χ1) is 11.5. The zero-order valence-electron chi connectivity index (χ0n) is 13.4. The zero-order chi connectivity index (χ0) is 17.1.